The topological polar surface area (TPSA) is 81.4 Å². The van der Waals surface area contributed by atoms with Gasteiger partial charge in [-0.2, -0.15) is 11.8 Å². The van der Waals surface area contributed by atoms with E-state index in [1.807, 2.05) is 35.1 Å². The summed E-state index contributed by atoms with van der Waals surface area (Å²) in [6.45, 7) is 2.01. The van der Waals surface area contributed by atoms with Crippen molar-refractivity contribution in [1.82, 2.24) is 24.9 Å². The number of benzene rings is 1. The fraction of sp³-hybridized carbons (Fsp3) is 0.273. The fourth-order valence-corrected chi connectivity index (χ4v) is 4.58. The highest BCUT2D eigenvalue weighted by molar-refractivity contribution is 7.98. The van der Waals surface area contributed by atoms with Crippen LogP contribution < -0.4 is 10.1 Å². The van der Waals surface area contributed by atoms with Crippen LogP contribution in [0.4, 0.5) is 4.39 Å². The van der Waals surface area contributed by atoms with E-state index in [4.69, 9.17) is 4.74 Å². The van der Waals surface area contributed by atoms with Crippen molar-refractivity contribution in [3.05, 3.63) is 75.9 Å². The Hall–Kier alpha value is -2.98. The molecule has 1 unspecified atom stereocenters. The number of halogens is 1. The normalized spacial score (nSPS) is 12.1. The average Bonchev–Trinajstić information content (AvgIpc) is 3.39. The molecular weight excluding hydrogens is 449 g/mol. The smallest absolute Gasteiger partial charge is 0.263 e. The minimum Gasteiger partial charge on any atom is -0.486 e. The standard InChI is InChI=1S/C22H22FN5O2S2/c1-14-20(32-19(24-14)13-30-16-8-6-15(23)7-9-16)22(29)25-17(10-12-31-2)21-27-26-18-5-3-4-11-28(18)21/h3-9,11,17H,10,12-13H2,1-2H3,(H,25,29). The molecule has 0 aliphatic carbocycles. The lowest BCUT2D eigenvalue weighted by atomic mass is 10.2. The van der Waals surface area contributed by atoms with Crippen LogP contribution in [0.3, 0.4) is 0 Å². The first-order chi connectivity index (χ1) is 15.5. The molecule has 3 heterocycles. The molecule has 0 radical (unpaired) electrons. The van der Waals surface area contributed by atoms with Crippen molar-refractivity contribution in [2.45, 2.75) is 26.0 Å². The van der Waals surface area contributed by atoms with Crippen molar-refractivity contribution in [2.75, 3.05) is 12.0 Å². The van der Waals surface area contributed by atoms with Crippen molar-refractivity contribution >= 4 is 34.7 Å². The van der Waals surface area contributed by atoms with Crippen LogP contribution in [0.1, 0.15) is 38.7 Å². The van der Waals surface area contributed by atoms with E-state index >= 15 is 0 Å². The van der Waals surface area contributed by atoms with Crippen molar-refractivity contribution in [3.8, 4) is 5.75 Å². The molecular formula is C22H22FN5O2S2. The SMILES string of the molecule is CSCCC(NC(=O)c1sc(COc2ccc(F)cc2)nc1C)c1nnc2ccccn12. The molecule has 32 heavy (non-hydrogen) atoms. The van der Waals surface area contributed by atoms with Crippen LogP contribution in [-0.4, -0.2) is 37.5 Å². The zero-order chi connectivity index (χ0) is 22.5. The van der Waals surface area contributed by atoms with E-state index in [1.165, 1.54) is 23.5 Å². The van der Waals surface area contributed by atoms with E-state index in [2.05, 4.69) is 20.5 Å². The number of hydrogen-bond donors (Lipinski definition) is 1. The first-order valence-corrected chi connectivity index (χ1v) is 12.2. The molecule has 1 aromatic carbocycles. The molecule has 0 fully saturated rings. The van der Waals surface area contributed by atoms with E-state index in [-0.39, 0.29) is 24.4 Å². The average molecular weight is 472 g/mol. The summed E-state index contributed by atoms with van der Waals surface area (Å²) in [4.78, 5) is 18.1. The van der Waals surface area contributed by atoms with Crippen LogP contribution in [0.25, 0.3) is 5.65 Å². The van der Waals surface area contributed by atoms with Crippen LogP contribution in [0.15, 0.2) is 48.7 Å². The molecule has 1 amide bonds. The Morgan fingerprint density at radius 3 is 2.84 bits per heavy atom. The Balaban J connectivity index is 1.49. The molecule has 3 aromatic heterocycles. The molecule has 10 heteroatoms. The van der Waals surface area contributed by atoms with Gasteiger partial charge in [-0.1, -0.05) is 6.07 Å². The second-order valence-corrected chi connectivity index (χ2v) is 9.13. The first-order valence-electron chi connectivity index (χ1n) is 9.99. The van der Waals surface area contributed by atoms with Gasteiger partial charge in [0, 0.05) is 6.20 Å². The van der Waals surface area contributed by atoms with Gasteiger partial charge in [-0.25, -0.2) is 9.37 Å². The van der Waals surface area contributed by atoms with Gasteiger partial charge < -0.3 is 10.1 Å². The summed E-state index contributed by atoms with van der Waals surface area (Å²) in [7, 11) is 0. The molecule has 166 valence electrons. The van der Waals surface area contributed by atoms with Crippen LogP contribution in [0.5, 0.6) is 5.75 Å². The molecule has 0 saturated heterocycles. The Kier molecular flexibility index (Phi) is 7.01. The number of rotatable bonds is 9. The Bertz CT molecular complexity index is 1210. The van der Waals surface area contributed by atoms with Gasteiger partial charge in [0.15, 0.2) is 11.5 Å². The molecule has 1 atom stereocenters. The Morgan fingerprint density at radius 1 is 1.25 bits per heavy atom. The number of fused-ring (bicyclic) bond motifs is 1. The van der Waals surface area contributed by atoms with Crippen molar-refractivity contribution in [1.29, 1.82) is 0 Å². The fourth-order valence-electron chi connectivity index (χ4n) is 3.22. The van der Waals surface area contributed by atoms with E-state index in [9.17, 15) is 9.18 Å². The molecule has 0 saturated carbocycles. The number of pyridine rings is 1. The number of nitrogens with zero attached hydrogens (tertiary/aromatic N) is 4. The summed E-state index contributed by atoms with van der Waals surface area (Å²) in [5.41, 5.74) is 1.38. The maximum Gasteiger partial charge on any atom is 0.263 e. The van der Waals surface area contributed by atoms with Crippen molar-refractivity contribution < 1.29 is 13.9 Å². The summed E-state index contributed by atoms with van der Waals surface area (Å²) < 4.78 is 20.6. The summed E-state index contributed by atoms with van der Waals surface area (Å²) in [5, 5.41) is 12.3. The van der Waals surface area contributed by atoms with Crippen molar-refractivity contribution in [2.24, 2.45) is 0 Å². The highest BCUT2D eigenvalue weighted by Crippen LogP contribution is 2.23. The number of ether oxygens (including phenoxy) is 1. The summed E-state index contributed by atoms with van der Waals surface area (Å²) in [6.07, 6.45) is 4.65. The van der Waals surface area contributed by atoms with Gasteiger partial charge in [-0.3, -0.25) is 9.20 Å². The van der Waals surface area contributed by atoms with Crippen LogP contribution in [-0.2, 0) is 6.61 Å². The largest absolute Gasteiger partial charge is 0.486 e. The van der Waals surface area contributed by atoms with E-state index in [0.29, 0.717) is 27.2 Å². The summed E-state index contributed by atoms with van der Waals surface area (Å²) in [6, 6.07) is 11.2. The van der Waals surface area contributed by atoms with E-state index in [1.54, 1.807) is 30.8 Å². The third-order valence-electron chi connectivity index (χ3n) is 4.79. The summed E-state index contributed by atoms with van der Waals surface area (Å²) >= 11 is 3.00. The predicted molar refractivity (Wildman–Crippen MR) is 124 cm³/mol. The molecule has 4 aromatic rings. The molecule has 1 N–H and O–H groups in total. The minimum absolute atomic E-state index is 0.202. The molecule has 0 bridgehead atoms. The molecule has 4 rings (SSSR count). The number of nitrogens with one attached hydrogen (secondary N) is 1. The molecule has 0 aliphatic rings. The van der Waals surface area contributed by atoms with E-state index in [0.717, 1.165) is 17.8 Å². The van der Waals surface area contributed by atoms with E-state index < -0.39 is 0 Å². The highest BCUT2D eigenvalue weighted by atomic mass is 32.2. The van der Waals surface area contributed by atoms with Gasteiger partial charge in [0.25, 0.3) is 5.91 Å². The lowest BCUT2D eigenvalue weighted by Crippen LogP contribution is -2.30. The predicted octanol–water partition coefficient (Wildman–Crippen LogP) is 4.44. The number of aryl methyl sites for hydroxylation is 1. The third-order valence-corrected chi connectivity index (χ3v) is 6.56. The lowest BCUT2D eigenvalue weighted by Gasteiger charge is -2.16. The zero-order valence-corrected chi connectivity index (χ0v) is 19.3. The maximum absolute atomic E-state index is 13.1. The minimum atomic E-state index is -0.321. The summed E-state index contributed by atoms with van der Waals surface area (Å²) in [5.74, 6) is 1.58. The van der Waals surface area contributed by atoms with Crippen LogP contribution >= 0.6 is 23.1 Å². The van der Waals surface area contributed by atoms with Gasteiger partial charge in [-0.15, -0.1) is 21.5 Å². The Labute approximate surface area is 193 Å². The van der Waals surface area contributed by atoms with Crippen LogP contribution in [0, 0.1) is 12.7 Å². The molecule has 0 spiro atoms. The first kappa shape index (κ1) is 22.2. The van der Waals surface area contributed by atoms with Gasteiger partial charge in [0.05, 0.1) is 11.7 Å². The number of amides is 1. The Morgan fingerprint density at radius 2 is 2.06 bits per heavy atom. The zero-order valence-electron chi connectivity index (χ0n) is 17.6. The second-order valence-electron chi connectivity index (χ2n) is 7.06. The number of thioether (sulfide) groups is 1. The lowest BCUT2D eigenvalue weighted by molar-refractivity contribution is 0.0937. The molecule has 7 nitrogen and oxygen atoms in total. The molecule has 0 aliphatic heterocycles. The van der Waals surface area contributed by atoms with Gasteiger partial charge >= 0.3 is 0 Å². The van der Waals surface area contributed by atoms with Gasteiger partial charge in [0.2, 0.25) is 0 Å². The van der Waals surface area contributed by atoms with Crippen LogP contribution in [0.2, 0.25) is 0 Å². The second kappa shape index (κ2) is 10.1. The van der Waals surface area contributed by atoms with Gasteiger partial charge in [0.1, 0.15) is 28.1 Å². The quantitative estimate of drug-likeness (QED) is 0.389. The van der Waals surface area contributed by atoms with Gasteiger partial charge in [-0.05, 0) is 61.8 Å². The number of carbonyl (C=O) groups excluding carboxylic acids is 1. The maximum atomic E-state index is 13.1. The number of carbonyl (C=O) groups is 1. The number of hydrogen-bond acceptors (Lipinski definition) is 7. The third kappa shape index (κ3) is 5.08. The number of aromatic nitrogens is 4. The monoisotopic (exact) mass is 471 g/mol. The number of thiazole rings is 1. The van der Waals surface area contributed by atoms with Crippen molar-refractivity contribution in [3.63, 3.8) is 0 Å². The highest BCUT2D eigenvalue weighted by Gasteiger charge is 2.23.